The highest BCUT2D eigenvalue weighted by Crippen LogP contribution is 2.31. The topological polar surface area (TPSA) is 77.8 Å². The van der Waals surface area contributed by atoms with E-state index >= 15 is 0 Å². The molecule has 5 rings (SSSR count). The van der Waals surface area contributed by atoms with Gasteiger partial charge in [-0.2, -0.15) is 13.2 Å². The van der Waals surface area contributed by atoms with Crippen LogP contribution in [-0.2, 0) is 12.6 Å². The van der Waals surface area contributed by atoms with Gasteiger partial charge in [0.1, 0.15) is 17.9 Å². The quantitative estimate of drug-likeness (QED) is 0.409. The molecule has 0 atom stereocenters. The maximum Gasteiger partial charge on any atom is 0.416 e. The monoisotopic (exact) mass is 472 g/mol. The number of anilines is 1. The second kappa shape index (κ2) is 10.3. The normalized spacial score (nSPS) is 12.7. The van der Waals surface area contributed by atoms with E-state index in [4.69, 9.17) is 4.74 Å². The number of nitrogens with zero attached hydrogens (tertiary/aromatic N) is 5. The Morgan fingerprint density at radius 2 is 1.97 bits per heavy atom. The second-order valence-corrected chi connectivity index (χ2v) is 7.80. The van der Waals surface area contributed by atoms with Crippen LogP contribution in [0.15, 0.2) is 78.3 Å². The van der Waals surface area contributed by atoms with Crippen molar-refractivity contribution in [1.29, 1.82) is 0 Å². The fourth-order valence-electron chi connectivity index (χ4n) is 3.02. The van der Waals surface area contributed by atoms with Crippen LogP contribution in [0.1, 0.15) is 17.5 Å². The highest BCUT2D eigenvalue weighted by atomic mass is 32.2. The van der Waals surface area contributed by atoms with Crippen molar-refractivity contribution in [2.75, 3.05) is 11.3 Å². The van der Waals surface area contributed by atoms with Crippen molar-refractivity contribution < 1.29 is 17.9 Å². The molecule has 0 bridgehead atoms. The maximum absolute atomic E-state index is 12.4. The Hall–Kier alpha value is -3.60. The summed E-state index contributed by atoms with van der Waals surface area (Å²) in [5.74, 6) is 1.81. The number of benzene rings is 2. The standard InChI is InChI=1S/C13H13N3OS.C9H6F3N3/c1-2-10-3-4-11(8-12(10)17-7-1)18-16-13-5-6-14-9-15-13;10-9(11,12)7-2-1-3-8(6-7)15-5-4-13-14-15/h3-6,8-9H,1-2,7H2,(H,14,15,16);1-6H. The molecule has 0 saturated carbocycles. The first-order valence-electron chi connectivity index (χ1n) is 9.97. The van der Waals surface area contributed by atoms with Crippen molar-refractivity contribution in [1.82, 2.24) is 25.0 Å². The smallest absolute Gasteiger partial charge is 0.416 e. The summed E-state index contributed by atoms with van der Waals surface area (Å²) in [6.45, 7) is 0.820. The zero-order valence-electron chi connectivity index (χ0n) is 17.2. The van der Waals surface area contributed by atoms with E-state index in [1.165, 1.54) is 53.0 Å². The van der Waals surface area contributed by atoms with Gasteiger partial charge in [-0.05, 0) is 66.8 Å². The van der Waals surface area contributed by atoms with E-state index < -0.39 is 11.7 Å². The van der Waals surface area contributed by atoms with Gasteiger partial charge in [0.05, 0.1) is 30.3 Å². The van der Waals surface area contributed by atoms with E-state index in [9.17, 15) is 13.2 Å². The van der Waals surface area contributed by atoms with Gasteiger partial charge in [-0.3, -0.25) is 0 Å². The molecule has 0 aliphatic carbocycles. The van der Waals surface area contributed by atoms with Gasteiger partial charge < -0.3 is 9.46 Å². The van der Waals surface area contributed by atoms with Crippen LogP contribution in [0, 0.1) is 0 Å². The molecule has 3 heterocycles. The van der Waals surface area contributed by atoms with Gasteiger partial charge in [0.25, 0.3) is 0 Å². The molecular weight excluding hydrogens is 453 g/mol. The van der Waals surface area contributed by atoms with Crippen LogP contribution in [-0.4, -0.2) is 31.6 Å². The molecule has 11 heteroatoms. The minimum absolute atomic E-state index is 0.335. The Labute approximate surface area is 192 Å². The highest BCUT2D eigenvalue weighted by Gasteiger charge is 2.30. The molecule has 0 radical (unpaired) electrons. The average molecular weight is 472 g/mol. The van der Waals surface area contributed by atoms with Crippen LogP contribution in [0.25, 0.3) is 5.69 Å². The summed E-state index contributed by atoms with van der Waals surface area (Å²) < 4.78 is 47.2. The lowest BCUT2D eigenvalue weighted by Gasteiger charge is -2.17. The molecule has 1 N–H and O–H groups in total. The third kappa shape index (κ3) is 6.22. The van der Waals surface area contributed by atoms with Gasteiger partial charge in [-0.15, -0.1) is 5.10 Å². The third-order valence-electron chi connectivity index (χ3n) is 4.60. The number of nitrogens with one attached hydrogen (secondary N) is 1. The lowest BCUT2D eigenvalue weighted by Crippen LogP contribution is -2.08. The highest BCUT2D eigenvalue weighted by molar-refractivity contribution is 8.00. The van der Waals surface area contributed by atoms with Crippen molar-refractivity contribution in [2.24, 2.45) is 0 Å². The Balaban J connectivity index is 0.000000160. The molecule has 0 fully saturated rings. The molecule has 4 aromatic rings. The first-order valence-corrected chi connectivity index (χ1v) is 10.8. The van der Waals surface area contributed by atoms with Crippen molar-refractivity contribution in [3.05, 3.63) is 84.6 Å². The number of fused-ring (bicyclic) bond motifs is 1. The number of hydrogen-bond donors (Lipinski definition) is 1. The van der Waals surface area contributed by atoms with Crippen molar-refractivity contribution >= 4 is 17.8 Å². The van der Waals surface area contributed by atoms with E-state index in [0.29, 0.717) is 5.69 Å². The summed E-state index contributed by atoms with van der Waals surface area (Å²) >= 11 is 1.53. The Kier molecular flexibility index (Phi) is 7.08. The number of halogens is 3. The molecule has 0 unspecified atom stereocenters. The van der Waals surface area contributed by atoms with E-state index in [2.05, 4.69) is 43.2 Å². The van der Waals surface area contributed by atoms with Gasteiger partial charge >= 0.3 is 6.18 Å². The fraction of sp³-hybridized carbons (Fsp3) is 0.182. The summed E-state index contributed by atoms with van der Waals surface area (Å²) in [5, 5.41) is 7.13. The van der Waals surface area contributed by atoms with Gasteiger partial charge in [-0.25, -0.2) is 14.6 Å². The van der Waals surface area contributed by atoms with Gasteiger partial charge in [0.2, 0.25) is 0 Å². The second-order valence-electron chi connectivity index (χ2n) is 6.92. The van der Waals surface area contributed by atoms with Gasteiger partial charge in [0.15, 0.2) is 0 Å². The summed E-state index contributed by atoms with van der Waals surface area (Å²) in [7, 11) is 0. The minimum atomic E-state index is -4.34. The molecule has 0 saturated heterocycles. The van der Waals surface area contributed by atoms with Crippen molar-refractivity contribution in [2.45, 2.75) is 23.9 Å². The number of aromatic nitrogens is 5. The van der Waals surface area contributed by atoms with Gasteiger partial charge in [-0.1, -0.05) is 17.3 Å². The number of rotatable bonds is 4. The fourth-order valence-corrected chi connectivity index (χ4v) is 3.66. The predicted octanol–water partition coefficient (Wildman–Crippen LogP) is 5.21. The third-order valence-corrected chi connectivity index (χ3v) is 5.40. The van der Waals surface area contributed by atoms with Crippen LogP contribution < -0.4 is 9.46 Å². The minimum Gasteiger partial charge on any atom is -0.493 e. The van der Waals surface area contributed by atoms with Crippen molar-refractivity contribution in [3.8, 4) is 11.4 Å². The van der Waals surface area contributed by atoms with Crippen LogP contribution in [0.5, 0.6) is 5.75 Å². The molecule has 0 spiro atoms. The van der Waals surface area contributed by atoms with Gasteiger partial charge in [0, 0.05) is 11.1 Å². The van der Waals surface area contributed by atoms with E-state index in [0.717, 1.165) is 48.0 Å². The molecule has 1 aliphatic rings. The number of aryl methyl sites for hydroxylation is 1. The SMILES string of the molecule is FC(F)(F)c1cccc(-n2ccnn2)c1.c1cc(NSc2ccc3c(c2)OCCC3)ncn1. The molecule has 170 valence electrons. The zero-order valence-corrected chi connectivity index (χ0v) is 18.1. The first-order chi connectivity index (χ1) is 16.0. The van der Waals surface area contributed by atoms with E-state index in [-0.39, 0.29) is 0 Å². The van der Waals surface area contributed by atoms with E-state index in [1.54, 1.807) is 6.20 Å². The summed E-state index contributed by atoms with van der Waals surface area (Å²) in [6.07, 6.45) is 4.01. The molecule has 0 amide bonds. The van der Waals surface area contributed by atoms with Crippen LogP contribution >= 0.6 is 11.9 Å². The molecule has 7 nitrogen and oxygen atoms in total. The lowest BCUT2D eigenvalue weighted by molar-refractivity contribution is -0.137. The summed E-state index contributed by atoms with van der Waals surface area (Å²) in [4.78, 5) is 9.10. The predicted molar refractivity (Wildman–Crippen MR) is 118 cm³/mol. The summed E-state index contributed by atoms with van der Waals surface area (Å²) in [6, 6.07) is 13.1. The van der Waals surface area contributed by atoms with Crippen LogP contribution in [0.4, 0.5) is 19.0 Å². The molecule has 2 aromatic heterocycles. The first kappa shape index (κ1) is 22.6. The molecule has 1 aliphatic heterocycles. The average Bonchev–Trinajstić information content (AvgIpc) is 3.38. The molecule has 33 heavy (non-hydrogen) atoms. The molecular formula is C22H19F3N6OS. The van der Waals surface area contributed by atoms with Crippen molar-refractivity contribution in [3.63, 3.8) is 0 Å². The Morgan fingerprint density at radius 1 is 1.06 bits per heavy atom. The summed E-state index contributed by atoms with van der Waals surface area (Å²) in [5.41, 5.74) is 0.936. The number of alkyl halides is 3. The Bertz CT molecular complexity index is 1170. The molecule has 2 aromatic carbocycles. The largest absolute Gasteiger partial charge is 0.493 e. The lowest BCUT2D eigenvalue weighted by atomic mass is 10.1. The Morgan fingerprint density at radius 3 is 2.73 bits per heavy atom. The van der Waals surface area contributed by atoms with Crippen LogP contribution in [0.3, 0.4) is 0 Å². The van der Waals surface area contributed by atoms with E-state index in [1.807, 2.05) is 6.07 Å². The number of hydrogen-bond acceptors (Lipinski definition) is 7. The zero-order chi connectivity index (χ0) is 23.1. The maximum atomic E-state index is 12.4. The van der Waals surface area contributed by atoms with Crippen LogP contribution in [0.2, 0.25) is 0 Å². The number of ether oxygens (including phenoxy) is 1.